The zero-order valence-corrected chi connectivity index (χ0v) is 17.8. The Labute approximate surface area is 171 Å². The van der Waals surface area contributed by atoms with Gasteiger partial charge in [0.1, 0.15) is 15.5 Å². The van der Waals surface area contributed by atoms with Gasteiger partial charge in [0.2, 0.25) is 0 Å². The SMILES string of the molecule is CCOC(=O)c1sc2nc([C@H](C)N3CCC[C@@H]3c3cccs3)[nH]c(=O)c2c1C. The minimum Gasteiger partial charge on any atom is -0.462 e. The van der Waals surface area contributed by atoms with E-state index in [-0.39, 0.29) is 11.6 Å². The number of nitrogens with zero attached hydrogens (tertiary/aromatic N) is 2. The molecule has 0 saturated carbocycles. The number of carbonyl (C=O) groups is 1. The molecule has 1 fully saturated rings. The number of hydrogen-bond donors (Lipinski definition) is 1. The first-order valence-electron chi connectivity index (χ1n) is 9.50. The van der Waals surface area contributed by atoms with Crippen molar-refractivity contribution in [1.82, 2.24) is 14.9 Å². The van der Waals surface area contributed by atoms with Crippen LogP contribution >= 0.6 is 22.7 Å². The van der Waals surface area contributed by atoms with Gasteiger partial charge in [-0.15, -0.1) is 22.7 Å². The summed E-state index contributed by atoms with van der Waals surface area (Å²) in [7, 11) is 0. The molecule has 8 heteroatoms. The fourth-order valence-electron chi connectivity index (χ4n) is 3.95. The van der Waals surface area contributed by atoms with E-state index in [9.17, 15) is 9.59 Å². The van der Waals surface area contributed by atoms with Crippen molar-refractivity contribution in [2.24, 2.45) is 0 Å². The van der Waals surface area contributed by atoms with E-state index in [1.807, 2.05) is 0 Å². The Morgan fingerprint density at radius 3 is 3.04 bits per heavy atom. The molecule has 0 aromatic carbocycles. The molecular weight excluding hydrogens is 394 g/mol. The Balaban J connectivity index is 1.71. The van der Waals surface area contributed by atoms with Crippen LogP contribution in [-0.4, -0.2) is 34.0 Å². The van der Waals surface area contributed by atoms with E-state index in [0.717, 1.165) is 19.4 Å². The van der Waals surface area contributed by atoms with E-state index in [4.69, 9.17) is 9.72 Å². The van der Waals surface area contributed by atoms with Gasteiger partial charge in [-0.1, -0.05) is 6.07 Å². The van der Waals surface area contributed by atoms with Gasteiger partial charge in [-0.05, 0) is 57.2 Å². The third-order valence-electron chi connectivity index (χ3n) is 5.34. The molecule has 0 aliphatic carbocycles. The van der Waals surface area contributed by atoms with Gasteiger partial charge < -0.3 is 9.72 Å². The van der Waals surface area contributed by atoms with E-state index in [1.165, 1.54) is 16.2 Å². The number of hydrogen-bond acceptors (Lipinski definition) is 7. The van der Waals surface area contributed by atoms with Crippen LogP contribution in [0.2, 0.25) is 0 Å². The molecule has 0 unspecified atom stereocenters. The highest BCUT2D eigenvalue weighted by Gasteiger charge is 2.32. The van der Waals surface area contributed by atoms with Gasteiger partial charge in [-0.2, -0.15) is 0 Å². The van der Waals surface area contributed by atoms with Crippen LogP contribution < -0.4 is 5.56 Å². The maximum atomic E-state index is 12.8. The monoisotopic (exact) mass is 417 g/mol. The summed E-state index contributed by atoms with van der Waals surface area (Å²) in [6.45, 7) is 6.91. The lowest BCUT2D eigenvalue weighted by Gasteiger charge is -2.29. The number of aromatic nitrogens is 2. The summed E-state index contributed by atoms with van der Waals surface area (Å²) >= 11 is 3.01. The van der Waals surface area contributed by atoms with Gasteiger partial charge in [0, 0.05) is 10.9 Å². The Morgan fingerprint density at radius 2 is 2.32 bits per heavy atom. The lowest BCUT2D eigenvalue weighted by molar-refractivity contribution is 0.0531. The summed E-state index contributed by atoms with van der Waals surface area (Å²) in [4.78, 5) is 37.5. The molecule has 4 heterocycles. The number of rotatable bonds is 5. The second-order valence-electron chi connectivity index (χ2n) is 7.00. The largest absolute Gasteiger partial charge is 0.462 e. The summed E-state index contributed by atoms with van der Waals surface area (Å²) in [6, 6.07) is 4.60. The second kappa shape index (κ2) is 7.77. The highest BCUT2D eigenvalue weighted by atomic mass is 32.1. The molecule has 1 N–H and O–H groups in total. The van der Waals surface area contributed by atoms with Crippen molar-refractivity contribution in [3.63, 3.8) is 0 Å². The average molecular weight is 418 g/mol. The first kappa shape index (κ1) is 19.3. The number of aryl methyl sites for hydroxylation is 1. The molecule has 1 aliphatic heterocycles. The zero-order chi connectivity index (χ0) is 19.8. The number of carbonyl (C=O) groups excluding carboxylic acids is 1. The number of fused-ring (bicyclic) bond motifs is 1. The number of thiophene rings is 2. The van der Waals surface area contributed by atoms with Crippen molar-refractivity contribution in [1.29, 1.82) is 0 Å². The van der Waals surface area contributed by atoms with E-state index < -0.39 is 5.97 Å². The van der Waals surface area contributed by atoms with Gasteiger partial charge in [0.15, 0.2) is 0 Å². The Morgan fingerprint density at radius 1 is 1.50 bits per heavy atom. The maximum absolute atomic E-state index is 12.8. The Kier molecular flexibility index (Phi) is 5.35. The average Bonchev–Trinajstić information content (AvgIpc) is 3.40. The smallest absolute Gasteiger partial charge is 0.348 e. The lowest BCUT2D eigenvalue weighted by atomic mass is 10.1. The standard InChI is InChI=1S/C20H23N3O3S2/c1-4-26-20(25)16-11(2)15-18(24)21-17(22-19(15)28-16)12(3)23-9-5-7-13(23)14-8-6-10-27-14/h6,8,10,12-13H,4-5,7,9H2,1-3H3,(H,21,22,24)/t12-,13+/m0/s1. The van der Waals surface area contributed by atoms with Crippen LogP contribution in [-0.2, 0) is 4.74 Å². The minimum atomic E-state index is -0.394. The third-order valence-corrected chi connectivity index (χ3v) is 7.48. The summed E-state index contributed by atoms with van der Waals surface area (Å²) < 4.78 is 5.12. The topological polar surface area (TPSA) is 75.3 Å². The minimum absolute atomic E-state index is 0.0138. The van der Waals surface area contributed by atoms with Crippen molar-refractivity contribution < 1.29 is 9.53 Å². The van der Waals surface area contributed by atoms with Gasteiger partial charge in [-0.25, -0.2) is 9.78 Å². The predicted octanol–water partition coefficient (Wildman–Crippen LogP) is 4.43. The molecule has 148 valence electrons. The molecular formula is C20H23N3O3S2. The van der Waals surface area contributed by atoms with Crippen molar-refractivity contribution in [2.75, 3.05) is 13.2 Å². The maximum Gasteiger partial charge on any atom is 0.348 e. The van der Waals surface area contributed by atoms with Gasteiger partial charge in [0.05, 0.1) is 18.0 Å². The highest BCUT2D eigenvalue weighted by Crippen LogP contribution is 2.39. The molecule has 0 bridgehead atoms. The normalized spacial score (nSPS) is 18.6. The fourth-order valence-corrected chi connectivity index (χ4v) is 5.91. The quantitative estimate of drug-likeness (QED) is 0.622. The number of aromatic amines is 1. The van der Waals surface area contributed by atoms with Crippen LogP contribution in [0.4, 0.5) is 0 Å². The highest BCUT2D eigenvalue weighted by molar-refractivity contribution is 7.20. The fraction of sp³-hybridized carbons (Fsp3) is 0.450. The van der Waals surface area contributed by atoms with Gasteiger partial charge in [0.25, 0.3) is 5.56 Å². The molecule has 6 nitrogen and oxygen atoms in total. The van der Waals surface area contributed by atoms with Crippen LogP contribution in [0.5, 0.6) is 0 Å². The molecule has 28 heavy (non-hydrogen) atoms. The van der Waals surface area contributed by atoms with Crippen LogP contribution in [0.25, 0.3) is 10.2 Å². The molecule has 0 radical (unpaired) electrons. The van der Waals surface area contributed by atoms with Crippen LogP contribution in [0.3, 0.4) is 0 Å². The second-order valence-corrected chi connectivity index (χ2v) is 8.97. The Bertz CT molecular complexity index is 1050. The third kappa shape index (κ3) is 3.29. The van der Waals surface area contributed by atoms with Crippen LogP contribution in [0, 0.1) is 6.92 Å². The number of H-pyrrole nitrogens is 1. The molecule has 3 aromatic heterocycles. The summed E-state index contributed by atoms with van der Waals surface area (Å²) in [6.07, 6.45) is 2.24. The number of likely N-dealkylation sites (tertiary alicyclic amines) is 1. The molecule has 0 spiro atoms. The molecule has 0 amide bonds. The van der Waals surface area contributed by atoms with E-state index >= 15 is 0 Å². The first-order valence-corrected chi connectivity index (χ1v) is 11.2. The summed E-state index contributed by atoms with van der Waals surface area (Å²) in [5.74, 6) is 0.256. The van der Waals surface area contributed by atoms with Gasteiger partial charge >= 0.3 is 5.97 Å². The van der Waals surface area contributed by atoms with Crippen molar-refractivity contribution in [2.45, 2.75) is 45.7 Å². The van der Waals surface area contributed by atoms with E-state index in [2.05, 4.69) is 34.3 Å². The first-order chi connectivity index (χ1) is 13.5. The van der Waals surface area contributed by atoms with Gasteiger partial charge in [-0.3, -0.25) is 9.69 Å². The van der Waals surface area contributed by atoms with E-state index in [1.54, 1.807) is 25.2 Å². The molecule has 4 rings (SSSR count). The molecule has 1 aliphatic rings. The summed E-state index contributed by atoms with van der Waals surface area (Å²) in [5, 5.41) is 2.59. The van der Waals surface area contributed by atoms with Crippen LogP contribution in [0.1, 0.15) is 64.7 Å². The number of ether oxygens (including phenoxy) is 1. The van der Waals surface area contributed by atoms with E-state index in [0.29, 0.717) is 39.1 Å². The molecule has 2 atom stereocenters. The van der Waals surface area contributed by atoms with Crippen molar-refractivity contribution in [3.05, 3.63) is 49.0 Å². The number of esters is 1. The van der Waals surface area contributed by atoms with Crippen LogP contribution in [0.15, 0.2) is 22.3 Å². The Hall–Kier alpha value is -2.03. The molecule has 3 aromatic rings. The lowest BCUT2D eigenvalue weighted by Crippen LogP contribution is -2.29. The molecule has 1 saturated heterocycles. The number of nitrogens with one attached hydrogen (secondary N) is 1. The predicted molar refractivity (Wildman–Crippen MR) is 112 cm³/mol. The van der Waals surface area contributed by atoms with Crippen molar-refractivity contribution in [3.8, 4) is 0 Å². The van der Waals surface area contributed by atoms with Crippen molar-refractivity contribution >= 4 is 38.9 Å². The summed E-state index contributed by atoms with van der Waals surface area (Å²) in [5.41, 5.74) is 0.451. The zero-order valence-electron chi connectivity index (χ0n) is 16.2.